The SMILES string of the molecule is O=C(COc1ccc(Cl)c(Cl)c1)NCC1CCCO1. The van der Waals surface area contributed by atoms with Gasteiger partial charge in [0, 0.05) is 19.2 Å². The molecule has 1 saturated heterocycles. The minimum atomic E-state index is -0.179. The van der Waals surface area contributed by atoms with E-state index in [1.54, 1.807) is 18.2 Å². The van der Waals surface area contributed by atoms with Crippen LogP contribution in [0.1, 0.15) is 12.8 Å². The maximum absolute atomic E-state index is 11.6. The van der Waals surface area contributed by atoms with Crippen molar-refractivity contribution in [2.45, 2.75) is 18.9 Å². The van der Waals surface area contributed by atoms with E-state index >= 15 is 0 Å². The monoisotopic (exact) mass is 303 g/mol. The lowest BCUT2D eigenvalue weighted by Crippen LogP contribution is -2.35. The second-order valence-corrected chi connectivity index (χ2v) is 5.12. The fourth-order valence-corrected chi connectivity index (χ4v) is 2.09. The fraction of sp³-hybridized carbons (Fsp3) is 0.462. The Kier molecular flexibility index (Phi) is 5.31. The highest BCUT2D eigenvalue weighted by Gasteiger charge is 2.16. The normalized spacial score (nSPS) is 18.3. The van der Waals surface area contributed by atoms with Crippen LogP contribution in [0.3, 0.4) is 0 Å². The van der Waals surface area contributed by atoms with E-state index in [-0.39, 0.29) is 18.6 Å². The number of benzene rings is 1. The van der Waals surface area contributed by atoms with Crippen molar-refractivity contribution in [1.29, 1.82) is 0 Å². The Balaban J connectivity index is 1.71. The summed E-state index contributed by atoms with van der Waals surface area (Å²) in [6.07, 6.45) is 2.18. The van der Waals surface area contributed by atoms with Crippen molar-refractivity contribution < 1.29 is 14.3 Å². The number of carbonyl (C=O) groups is 1. The lowest BCUT2D eigenvalue weighted by Gasteiger charge is -2.11. The van der Waals surface area contributed by atoms with Gasteiger partial charge in [-0.25, -0.2) is 0 Å². The third-order valence-corrected chi connectivity index (χ3v) is 3.55. The number of hydrogen-bond donors (Lipinski definition) is 1. The van der Waals surface area contributed by atoms with E-state index in [0.717, 1.165) is 19.4 Å². The standard InChI is InChI=1S/C13H15Cl2NO3/c14-11-4-3-9(6-12(11)15)19-8-13(17)16-7-10-2-1-5-18-10/h3-4,6,10H,1-2,5,7-8H2,(H,16,17). The van der Waals surface area contributed by atoms with Crippen LogP contribution in [0.25, 0.3) is 0 Å². The van der Waals surface area contributed by atoms with E-state index in [1.165, 1.54) is 0 Å². The van der Waals surface area contributed by atoms with Crippen LogP contribution in [0, 0.1) is 0 Å². The number of carbonyl (C=O) groups excluding carboxylic acids is 1. The molecule has 1 aliphatic rings. The van der Waals surface area contributed by atoms with Crippen LogP contribution in [0.4, 0.5) is 0 Å². The molecule has 4 nitrogen and oxygen atoms in total. The quantitative estimate of drug-likeness (QED) is 0.910. The Bertz CT molecular complexity index is 448. The number of halogens is 2. The molecule has 1 N–H and O–H groups in total. The van der Waals surface area contributed by atoms with Gasteiger partial charge < -0.3 is 14.8 Å². The molecule has 104 valence electrons. The average molecular weight is 304 g/mol. The molecular weight excluding hydrogens is 289 g/mol. The van der Waals surface area contributed by atoms with Crippen LogP contribution >= 0.6 is 23.2 Å². The number of amides is 1. The Hall–Kier alpha value is -0.970. The van der Waals surface area contributed by atoms with Gasteiger partial charge in [-0.1, -0.05) is 23.2 Å². The summed E-state index contributed by atoms with van der Waals surface area (Å²) >= 11 is 11.6. The van der Waals surface area contributed by atoms with Crippen molar-refractivity contribution in [2.75, 3.05) is 19.8 Å². The molecule has 19 heavy (non-hydrogen) atoms. The summed E-state index contributed by atoms with van der Waals surface area (Å²) in [5.41, 5.74) is 0. The zero-order valence-corrected chi connectivity index (χ0v) is 11.8. The van der Waals surface area contributed by atoms with Crippen LogP contribution in [0.2, 0.25) is 10.0 Å². The zero-order valence-electron chi connectivity index (χ0n) is 10.3. The molecular formula is C13H15Cl2NO3. The Labute approximate surface area is 122 Å². The second kappa shape index (κ2) is 6.98. The maximum atomic E-state index is 11.6. The van der Waals surface area contributed by atoms with E-state index in [2.05, 4.69) is 5.32 Å². The Morgan fingerprint density at radius 2 is 2.26 bits per heavy atom. The summed E-state index contributed by atoms with van der Waals surface area (Å²) < 4.78 is 10.7. The first kappa shape index (κ1) is 14.4. The van der Waals surface area contributed by atoms with Crippen molar-refractivity contribution in [3.8, 4) is 5.75 Å². The van der Waals surface area contributed by atoms with Crippen LogP contribution in [-0.2, 0) is 9.53 Å². The van der Waals surface area contributed by atoms with Gasteiger partial charge in [-0.2, -0.15) is 0 Å². The lowest BCUT2D eigenvalue weighted by atomic mass is 10.2. The second-order valence-electron chi connectivity index (χ2n) is 4.30. The van der Waals surface area contributed by atoms with E-state index in [1.807, 2.05) is 0 Å². The van der Waals surface area contributed by atoms with Crippen molar-refractivity contribution in [3.05, 3.63) is 28.2 Å². The minimum absolute atomic E-state index is 0.0509. The molecule has 1 aromatic rings. The molecule has 1 atom stereocenters. The molecule has 0 radical (unpaired) electrons. The highest BCUT2D eigenvalue weighted by Crippen LogP contribution is 2.26. The zero-order chi connectivity index (χ0) is 13.7. The smallest absolute Gasteiger partial charge is 0.258 e. The molecule has 0 aliphatic carbocycles. The highest BCUT2D eigenvalue weighted by molar-refractivity contribution is 6.42. The predicted octanol–water partition coefficient (Wildman–Crippen LogP) is 2.67. The van der Waals surface area contributed by atoms with E-state index in [4.69, 9.17) is 32.7 Å². The van der Waals surface area contributed by atoms with Gasteiger partial charge in [0.1, 0.15) is 5.75 Å². The molecule has 1 fully saturated rings. The highest BCUT2D eigenvalue weighted by atomic mass is 35.5. The van der Waals surface area contributed by atoms with Crippen LogP contribution in [0.15, 0.2) is 18.2 Å². The predicted molar refractivity (Wildman–Crippen MR) is 73.9 cm³/mol. The largest absolute Gasteiger partial charge is 0.484 e. The van der Waals surface area contributed by atoms with Crippen molar-refractivity contribution in [3.63, 3.8) is 0 Å². The van der Waals surface area contributed by atoms with Gasteiger partial charge in [-0.05, 0) is 25.0 Å². The Morgan fingerprint density at radius 1 is 1.42 bits per heavy atom. The van der Waals surface area contributed by atoms with Gasteiger partial charge in [0.25, 0.3) is 5.91 Å². The third-order valence-electron chi connectivity index (χ3n) is 2.81. The first-order valence-electron chi connectivity index (χ1n) is 6.11. The summed E-state index contributed by atoms with van der Waals surface area (Å²) in [6, 6.07) is 4.88. The van der Waals surface area contributed by atoms with Crippen molar-refractivity contribution in [2.24, 2.45) is 0 Å². The molecule has 2 rings (SSSR count). The van der Waals surface area contributed by atoms with E-state index in [0.29, 0.717) is 22.3 Å². The summed E-state index contributed by atoms with van der Waals surface area (Å²) in [5, 5.41) is 3.63. The van der Waals surface area contributed by atoms with Gasteiger partial charge in [-0.15, -0.1) is 0 Å². The summed E-state index contributed by atoms with van der Waals surface area (Å²) in [4.78, 5) is 11.6. The summed E-state index contributed by atoms with van der Waals surface area (Å²) in [6.45, 7) is 1.26. The number of nitrogens with one attached hydrogen (secondary N) is 1. The third kappa shape index (κ3) is 4.56. The van der Waals surface area contributed by atoms with Crippen LogP contribution < -0.4 is 10.1 Å². The van der Waals surface area contributed by atoms with Gasteiger partial charge in [0.2, 0.25) is 0 Å². The van der Waals surface area contributed by atoms with Crippen molar-refractivity contribution in [1.82, 2.24) is 5.32 Å². The summed E-state index contributed by atoms with van der Waals surface area (Å²) in [7, 11) is 0. The topological polar surface area (TPSA) is 47.6 Å². The van der Waals surface area contributed by atoms with Crippen LogP contribution in [-0.4, -0.2) is 31.8 Å². The number of rotatable bonds is 5. The first-order valence-corrected chi connectivity index (χ1v) is 6.87. The molecule has 0 bridgehead atoms. The Morgan fingerprint density at radius 3 is 2.95 bits per heavy atom. The minimum Gasteiger partial charge on any atom is -0.484 e. The van der Waals surface area contributed by atoms with Gasteiger partial charge in [0.05, 0.1) is 16.1 Å². The van der Waals surface area contributed by atoms with Gasteiger partial charge in [-0.3, -0.25) is 4.79 Å². The molecule has 1 amide bonds. The van der Waals surface area contributed by atoms with E-state index in [9.17, 15) is 4.79 Å². The molecule has 6 heteroatoms. The molecule has 1 heterocycles. The molecule has 1 unspecified atom stereocenters. The molecule has 0 spiro atoms. The van der Waals surface area contributed by atoms with E-state index < -0.39 is 0 Å². The van der Waals surface area contributed by atoms with Gasteiger partial charge in [0.15, 0.2) is 6.61 Å². The number of hydrogen-bond acceptors (Lipinski definition) is 3. The number of ether oxygens (including phenoxy) is 2. The first-order chi connectivity index (χ1) is 9.15. The summed E-state index contributed by atoms with van der Waals surface area (Å²) in [5.74, 6) is 0.336. The molecule has 0 aromatic heterocycles. The van der Waals surface area contributed by atoms with Gasteiger partial charge >= 0.3 is 0 Å². The van der Waals surface area contributed by atoms with Crippen molar-refractivity contribution >= 4 is 29.1 Å². The maximum Gasteiger partial charge on any atom is 0.258 e. The fourth-order valence-electron chi connectivity index (χ4n) is 1.80. The molecule has 1 aromatic carbocycles. The average Bonchev–Trinajstić information content (AvgIpc) is 2.91. The lowest BCUT2D eigenvalue weighted by molar-refractivity contribution is -0.123. The van der Waals surface area contributed by atoms with Crippen LogP contribution in [0.5, 0.6) is 5.75 Å². The molecule has 1 aliphatic heterocycles. The molecule has 0 saturated carbocycles.